The van der Waals surface area contributed by atoms with Crippen molar-refractivity contribution in [3.05, 3.63) is 130 Å². The highest BCUT2D eigenvalue weighted by Gasteiger charge is 2.37. The Kier molecular flexibility index (Phi) is 3.27. The van der Waals surface area contributed by atoms with E-state index in [4.69, 9.17) is 4.98 Å². The van der Waals surface area contributed by atoms with Crippen molar-refractivity contribution >= 4 is 17.2 Å². The molecule has 3 heterocycles. The Balaban J connectivity index is 1.34. The van der Waals surface area contributed by atoms with Gasteiger partial charge in [-0.05, 0) is 104 Å². The molecule has 0 spiro atoms. The normalized spacial score (nSPS) is 14.9. The van der Waals surface area contributed by atoms with Crippen LogP contribution in [-0.4, -0.2) is 4.98 Å². The van der Waals surface area contributed by atoms with Crippen LogP contribution in [0.25, 0.3) is 22.3 Å². The van der Waals surface area contributed by atoms with Crippen molar-refractivity contribution in [3.63, 3.8) is 0 Å². The van der Waals surface area contributed by atoms with Crippen LogP contribution in [-0.2, 0) is 25.7 Å². The van der Waals surface area contributed by atoms with Crippen LogP contribution >= 0.6 is 0 Å². The Bertz CT molecular complexity index is 1760. The molecule has 2 aliphatic heterocycles. The Labute approximate surface area is 204 Å². The lowest BCUT2D eigenvalue weighted by Crippen LogP contribution is -2.26. The van der Waals surface area contributed by atoms with Crippen LogP contribution in [0.2, 0.25) is 0 Å². The van der Waals surface area contributed by atoms with Crippen LogP contribution < -0.4 is 4.90 Å². The molecule has 35 heavy (non-hydrogen) atoms. The van der Waals surface area contributed by atoms with Gasteiger partial charge in [0.1, 0.15) is 5.82 Å². The third-order valence-electron chi connectivity index (χ3n) is 8.56. The van der Waals surface area contributed by atoms with Crippen LogP contribution in [0.4, 0.5) is 17.2 Å². The number of anilines is 3. The average Bonchev–Trinajstić information content (AvgIpc) is 3.45. The smallest absolute Gasteiger partial charge is 0.141 e. The minimum absolute atomic E-state index is 0.948. The zero-order valence-electron chi connectivity index (χ0n) is 19.3. The topological polar surface area (TPSA) is 16.1 Å². The monoisotopic (exact) mass is 446 g/mol. The highest BCUT2D eigenvalue weighted by molar-refractivity contribution is 5.94. The van der Waals surface area contributed by atoms with Gasteiger partial charge in [-0.1, -0.05) is 54.6 Å². The highest BCUT2D eigenvalue weighted by Crippen LogP contribution is 2.55. The zero-order chi connectivity index (χ0) is 22.7. The number of nitrogens with zero attached hydrogens (tertiary/aromatic N) is 2. The van der Waals surface area contributed by atoms with Gasteiger partial charge in [0.15, 0.2) is 0 Å². The van der Waals surface area contributed by atoms with Gasteiger partial charge in [0.25, 0.3) is 0 Å². The van der Waals surface area contributed by atoms with E-state index < -0.39 is 0 Å². The Morgan fingerprint density at radius 2 is 1.20 bits per heavy atom. The molecule has 4 aliphatic rings. The van der Waals surface area contributed by atoms with Gasteiger partial charge in [0.2, 0.25) is 0 Å². The highest BCUT2D eigenvalue weighted by atomic mass is 15.2. The maximum Gasteiger partial charge on any atom is 0.141 e. The summed E-state index contributed by atoms with van der Waals surface area (Å²) in [5, 5.41) is 0. The Morgan fingerprint density at radius 3 is 2.09 bits per heavy atom. The minimum Gasteiger partial charge on any atom is -0.294 e. The standard InChI is InChI=1S/C33H22N2/c1-3-9-25-19(6-1)12-22-18-31-23(15-27(22)25)16-30-29-14-20-7-2-4-10-26(20)28(29)17-24-13-21-8-5-11-34-33(21)35(31)32(24)30/h1-11,15,17-18H,12-14,16H2. The van der Waals surface area contributed by atoms with Crippen LogP contribution in [0.15, 0.2) is 85.1 Å². The molecule has 2 heteroatoms. The molecule has 0 saturated heterocycles. The maximum absolute atomic E-state index is 4.94. The van der Waals surface area contributed by atoms with Gasteiger partial charge in [-0.15, -0.1) is 0 Å². The maximum atomic E-state index is 4.94. The first-order chi connectivity index (χ1) is 17.3. The molecule has 0 radical (unpaired) electrons. The van der Waals surface area contributed by atoms with Gasteiger partial charge in [-0.25, -0.2) is 4.98 Å². The molecule has 9 rings (SSSR count). The Hall–Kier alpha value is -4.17. The van der Waals surface area contributed by atoms with E-state index in [1.807, 2.05) is 6.20 Å². The number of rotatable bonds is 0. The van der Waals surface area contributed by atoms with Gasteiger partial charge in [-0.3, -0.25) is 4.90 Å². The van der Waals surface area contributed by atoms with Crippen molar-refractivity contribution < 1.29 is 0 Å². The molecule has 2 aliphatic carbocycles. The van der Waals surface area contributed by atoms with E-state index in [9.17, 15) is 0 Å². The molecule has 0 amide bonds. The van der Waals surface area contributed by atoms with E-state index in [2.05, 4.69) is 83.8 Å². The van der Waals surface area contributed by atoms with Gasteiger partial charge in [0.05, 0.1) is 11.4 Å². The number of pyridine rings is 1. The fourth-order valence-corrected chi connectivity index (χ4v) is 7.07. The second kappa shape index (κ2) is 6.28. The molecule has 0 bridgehead atoms. The van der Waals surface area contributed by atoms with Crippen LogP contribution in [0.3, 0.4) is 0 Å². The molecule has 0 saturated carbocycles. The molecule has 1 aromatic heterocycles. The average molecular weight is 447 g/mol. The van der Waals surface area contributed by atoms with Crippen LogP contribution in [0.5, 0.6) is 0 Å². The molecule has 2 nitrogen and oxygen atoms in total. The minimum atomic E-state index is 0.948. The number of hydrogen-bond donors (Lipinski definition) is 0. The molecule has 4 aromatic carbocycles. The largest absolute Gasteiger partial charge is 0.294 e. The van der Waals surface area contributed by atoms with Crippen LogP contribution in [0, 0.1) is 0 Å². The predicted molar refractivity (Wildman–Crippen MR) is 141 cm³/mol. The van der Waals surface area contributed by atoms with Crippen molar-refractivity contribution in [1.29, 1.82) is 0 Å². The van der Waals surface area contributed by atoms with Gasteiger partial charge in [-0.2, -0.15) is 0 Å². The van der Waals surface area contributed by atoms with Crippen LogP contribution in [0.1, 0.15) is 44.5 Å². The van der Waals surface area contributed by atoms with E-state index in [1.165, 1.54) is 78.1 Å². The molecular formula is C33H22N2. The molecular weight excluding hydrogens is 424 g/mol. The van der Waals surface area contributed by atoms with E-state index in [1.54, 1.807) is 0 Å². The SMILES string of the molecule is c1ccc2c(c1)Cc1cc3c(cc1-2)Cc1c2c(cc4c1N3c1ncccc1C4)-c1ccccc1C2. The summed E-state index contributed by atoms with van der Waals surface area (Å²) >= 11 is 0. The summed E-state index contributed by atoms with van der Waals surface area (Å²) in [6.07, 6.45) is 5.93. The van der Waals surface area contributed by atoms with Crippen molar-refractivity contribution in [1.82, 2.24) is 4.98 Å². The summed E-state index contributed by atoms with van der Waals surface area (Å²) in [5.41, 5.74) is 19.9. The first-order valence-corrected chi connectivity index (χ1v) is 12.6. The third kappa shape index (κ3) is 2.27. The lowest BCUT2D eigenvalue weighted by atomic mass is 9.82. The van der Waals surface area contributed by atoms with E-state index in [0.29, 0.717) is 0 Å². The molecule has 164 valence electrons. The van der Waals surface area contributed by atoms with Gasteiger partial charge in [0, 0.05) is 19.0 Å². The van der Waals surface area contributed by atoms with E-state index >= 15 is 0 Å². The summed E-state index contributed by atoms with van der Waals surface area (Å²) in [7, 11) is 0. The molecule has 0 fully saturated rings. The fourth-order valence-electron chi connectivity index (χ4n) is 7.07. The van der Waals surface area contributed by atoms with E-state index in [-0.39, 0.29) is 0 Å². The molecule has 0 atom stereocenters. The predicted octanol–water partition coefficient (Wildman–Crippen LogP) is 7.50. The lowest BCUT2D eigenvalue weighted by molar-refractivity contribution is 0.967. The molecule has 0 N–H and O–H groups in total. The summed E-state index contributed by atoms with van der Waals surface area (Å²) in [6.45, 7) is 0. The van der Waals surface area contributed by atoms with Crippen molar-refractivity contribution in [2.45, 2.75) is 25.7 Å². The third-order valence-corrected chi connectivity index (χ3v) is 8.56. The first-order valence-electron chi connectivity index (χ1n) is 12.6. The molecule has 5 aromatic rings. The Morgan fingerprint density at radius 1 is 0.514 bits per heavy atom. The van der Waals surface area contributed by atoms with Crippen molar-refractivity contribution in [3.8, 4) is 22.3 Å². The molecule has 0 unspecified atom stereocenters. The van der Waals surface area contributed by atoms with Gasteiger partial charge >= 0.3 is 0 Å². The number of fused-ring (bicyclic) bond motifs is 11. The van der Waals surface area contributed by atoms with Crippen molar-refractivity contribution in [2.24, 2.45) is 0 Å². The van der Waals surface area contributed by atoms with Gasteiger partial charge < -0.3 is 0 Å². The van der Waals surface area contributed by atoms with Crippen molar-refractivity contribution in [2.75, 3.05) is 4.90 Å². The fraction of sp³-hybridized carbons (Fsp3) is 0.121. The first kappa shape index (κ1) is 18.2. The summed E-state index contributed by atoms with van der Waals surface area (Å²) in [5.74, 6) is 1.10. The number of benzene rings is 4. The van der Waals surface area contributed by atoms with E-state index in [0.717, 1.165) is 31.5 Å². The number of hydrogen-bond acceptors (Lipinski definition) is 2. The summed E-state index contributed by atoms with van der Waals surface area (Å²) < 4.78 is 0. The quantitative estimate of drug-likeness (QED) is 0.240. The summed E-state index contributed by atoms with van der Waals surface area (Å²) in [4.78, 5) is 7.43. The summed E-state index contributed by atoms with van der Waals surface area (Å²) in [6, 6.07) is 29.6. The zero-order valence-corrected chi connectivity index (χ0v) is 19.3. The lowest BCUT2D eigenvalue weighted by Gasteiger charge is -2.39. The second-order valence-corrected chi connectivity index (χ2v) is 10.4. The second-order valence-electron chi connectivity index (χ2n) is 10.4. The number of aromatic nitrogens is 1.